The summed E-state index contributed by atoms with van der Waals surface area (Å²) in [5.74, 6) is -0.531. The molecule has 1 fully saturated rings. The molecule has 1 aromatic rings. The molecule has 0 bridgehead atoms. The zero-order valence-electron chi connectivity index (χ0n) is 10.7. The van der Waals surface area contributed by atoms with Gasteiger partial charge in [0.2, 0.25) is 15.9 Å². The number of sulfonamides is 1. The summed E-state index contributed by atoms with van der Waals surface area (Å²) in [7, 11) is -3.25. The molecule has 104 valence electrons. The lowest BCUT2D eigenvalue weighted by Crippen LogP contribution is -2.36. The smallest absolute Gasteiger partial charge is 0.248 e. The van der Waals surface area contributed by atoms with Gasteiger partial charge in [-0.1, -0.05) is 18.6 Å². The van der Waals surface area contributed by atoms with Crippen LogP contribution in [-0.4, -0.2) is 31.7 Å². The van der Waals surface area contributed by atoms with Gasteiger partial charge in [0.25, 0.3) is 0 Å². The number of hydrogen-bond donors (Lipinski definition) is 1. The number of carbonyl (C=O) groups excluding carboxylic acids is 1. The van der Waals surface area contributed by atoms with Gasteiger partial charge in [0.15, 0.2) is 0 Å². The summed E-state index contributed by atoms with van der Waals surface area (Å²) >= 11 is 0. The van der Waals surface area contributed by atoms with Crippen molar-refractivity contribution >= 4 is 15.9 Å². The highest BCUT2D eigenvalue weighted by Gasteiger charge is 2.23. The van der Waals surface area contributed by atoms with Crippen molar-refractivity contribution in [3.63, 3.8) is 0 Å². The Labute approximate surface area is 113 Å². The van der Waals surface area contributed by atoms with Gasteiger partial charge in [-0.15, -0.1) is 0 Å². The number of hydrogen-bond acceptors (Lipinski definition) is 3. The fourth-order valence-electron chi connectivity index (χ4n) is 2.21. The van der Waals surface area contributed by atoms with Crippen LogP contribution in [0, 0.1) is 0 Å². The van der Waals surface area contributed by atoms with Crippen LogP contribution in [0.5, 0.6) is 0 Å². The van der Waals surface area contributed by atoms with E-state index >= 15 is 0 Å². The van der Waals surface area contributed by atoms with E-state index in [2.05, 4.69) is 0 Å². The first-order valence-corrected chi connectivity index (χ1v) is 7.96. The van der Waals surface area contributed by atoms with E-state index in [0.717, 1.165) is 19.3 Å². The van der Waals surface area contributed by atoms with Gasteiger partial charge in [0, 0.05) is 18.7 Å². The second kappa shape index (κ2) is 5.71. The molecule has 0 radical (unpaired) electrons. The maximum Gasteiger partial charge on any atom is 0.248 e. The van der Waals surface area contributed by atoms with Crippen molar-refractivity contribution in [2.24, 2.45) is 5.73 Å². The van der Waals surface area contributed by atoms with Crippen molar-refractivity contribution in [1.29, 1.82) is 0 Å². The molecule has 0 saturated carbocycles. The van der Waals surface area contributed by atoms with E-state index in [1.807, 2.05) is 0 Å². The van der Waals surface area contributed by atoms with Crippen molar-refractivity contribution in [3.8, 4) is 0 Å². The van der Waals surface area contributed by atoms with Crippen LogP contribution >= 0.6 is 0 Å². The Bertz CT molecular complexity index is 546. The number of benzene rings is 1. The van der Waals surface area contributed by atoms with Gasteiger partial charge in [0.1, 0.15) is 0 Å². The van der Waals surface area contributed by atoms with Gasteiger partial charge in [-0.2, -0.15) is 0 Å². The van der Waals surface area contributed by atoms with Crippen LogP contribution < -0.4 is 5.73 Å². The average molecular weight is 282 g/mol. The molecule has 0 unspecified atom stereocenters. The Hall–Kier alpha value is -1.40. The number of piperidine rings is 1. The van der Waals surface area contributed by atoms with Crippen molar-refractivity contribution in [2.75, 3.05) is 13.1 Å². The summed E-state index contributed by atoms with van der Waals surface area (Å²) in [6.07, 6.45) is 2.96. The average Bonchev–Trinajstić information content (AvgIpc) is 2.40. The molecule has 0 aromatic heterocycles. The molecule has 19 heavy (non-hydrogen) atoms. The summed E-state index contributed by atoms with van der Waals surface area (Å²) in [6.45, 7) is 1.23. The predicted molar refractivity (Wildman–Crippen MR) is 73.0 cm³/mol. The minimum absolute atomic E-state index is 0.0218. The van der Waals surface area contributed by atoms with Crippen LogP contribution in [-0.2, 0) is 15.8 Å². The molecule has 2 rings (SSSR count). The molecule has 1 aliphatic heterocycles. The van der Waals surface area contributed by atoms with E-state index in [9.17, 15) is 13.2 Å². The molecule has 1 aliphatic rings. The van der Waals surface area contributed by atoms with Gasteiger partial charge in [0.05, 0.1) is 5.75 Å². The van der Waals surface area contributed by atoms with Gasteiger partial charge < -0.3 is 5.73 Å². The third-order valence-corrected chi connectivity index (χ3v) is 5.15. The van der Waals surface area contributed by atoms with Gasteiger partial charge in [-0.3, -0.25) is 4.79 Å². The van der Waals surface area contributed by atoms with E-state index in [1.54, 1.807) is 28.6 Å². The Morgan fingerprint density at radius 1 is 1.11 bits per heavy atom. The van der Waals surface area contributed by atoms with E-state index in [4.69, 9.17) is 5.73 Å². The first-order valence-electron chi connectivity index (χ1n) is 6.35. The summed E-state index contributed by atoms with van der Waals surface area (Å²) in [5.41, 5.74) is 6.21. The molecular weight excluding hydrogens is 264 g/mol. The van der Waals surface area contributed by atoms with E-state index in [0.29, 0.717) is 24.2 Å². The molecule has 0 atom stereocenters. The second-order valence-electron chi connectivity index (χ2n) is 4.78. The minimum Gasteiger partial charge on any atom is -0.366 e. The number of nitrogens with zero attached hydrogens (tertiary/aromatic N) is 1. The maximum atomic E-state index is 12.2. The Kier molecular flexibility index (Phi) is 4.21. The highest BCUT2D eigenvalue weighted by Crippen LogP contribution is 2.17. The van der Waals surface area contributed by atoms with E-state index in [-0.39, 0.29) is 5.75 Å². The fraction of sp³-hybridized carbons (Fsp3) is 0.462. The minimum atomic E-state index is -3.25. The highest BCUT2D eigenvalue weighted by atomic mass is 32.2. The molecule has 0 aliphatic carbocycles. The first kappa shape index (κ1) is 14.0. The summed E-state index contributed by atoms with van der Waals surface area (Å²) in [6, 6.07) is 6.40. The van der Waals surface area contributed by atoms with Crippen molar-refractivity contribution < 1.29 is 13.2 Å². The monoisotopic (exact) mass is 282 g/mol. The van der Waals surface area contributed by atoms with Crippen molar-refractivity contribution in [2.45, 2.75) is 25.0 Å². The van der Waals surface area contributed by atoms with E-state index in [1.165, 1.54) is 0 Å². The number of rotatable bonds is 4. The number of carbonyl (C=O) groups is 1. The normalized spacial score (nSPS) is 17.3. The van der Waals surface area contributed by atoms with Crippen LogP contribution in [0.25, 0.3) is 0 Å². The molecule has 6 heteroatoms. The Morgan fingerprint density at radius 3 is 2.21 bits per heavy atom. The van der Waals surface area contributed by atoms with Gasteiger partial charge in [-0.05, 0) is 30.5 Å². The molecule has 1 aromatic carbocycles. The summed E-state index contributed by atoms with van der Waals surface area (Å²) in [4.78, 5) is 10.9. The summed E-state index contributed by atoms with van der Waals surface area (Å²) < 4.78 is 26.0. The van der Waals surface area contributed by atoms with Crippen LogP contribution in [0.15, 0.2) is 24.3 Å². The van der Waals surface area contributed by atoms with Crippen LogP contribution in [0.4, 0.5) is 0 Å². The third kappa shape index (κ3) is 3.54. The largest absolute Gasteiger partial charge is 0.366 e. The molecule has 1 heterocycles. The summed E-state index contributed by atoms with van der Waals surface area (Å²) in [5, 5.41) is 0. The Morgan fingerprint density at radius 2 is 1.68 bits per heavy atom. The Balaban J connectivity index is 2.09. The molecule has 1 saturated heterocycles. The highest BCUT2D eigenvalue weighted by molar-refractivity contribution is 7.88. The van der Waals surface area contributed by atoms with Crippen molar-refractivity contribution in [3.05, 3.63) is 35.4 Å². The van der Waals surface area contributed by atoms with Gasteiger partial charge in [-0.25, -0.2) is 12.7 Å². The number of nitrogens with two attached hydrogens (primary N) is 1. The SMILES string of the molecule is NC(=O)c1ccc(CS(=O)(=O)N2CCCCC2)cc1. The van der Waals surface area contributed by atoms with E-state index < -0.39 is 15.9 Å². The first-order chi connectivity index (χ1) is 8.99. The third-order valence-electron chi connectivity index (χ3n) is 3.30. The fourth-order valence-corrected chi connectivity index (χ4v) is 3.82. The number of amides is 1. The lowest BCUT2D eigenvalue weighted by Gasteiger charge is -2.25. The molecular formula is C13H18N2O3S. The lowest BCUT2D eigenvalue weighted by atomic mass is 10.1. The number of primary amides is 1. The van der Waals surface area contributed by atoms with Crippen molar-refractivity contribution in [1.82, 2.24) is 4.31 Å². The molecule has 5 nitrogen and oxygen atoms in total. The lowest BCUT2D eigenvalue weighted by molar-refractivity contribution is 0.100. The maximum absolute atomic E-state index is 12.2. The zero-order chi connectivity index (χ0) is 13.9. The van der Waals surface area contributed by atoms with Crippen LogP contribution in [0.3, 0.4) is 0 Å². The topological polar surface area (TPSA) is 80.5 Å². The van der Waals surface area contributed by atoms with Crippen LogP contribution in [0.1, 0.15) is 35.2 Å². The van der Waals surface area contributed by atoms with Crippen LogP contribution in [0.2, 0.25) is 0 Å². The van der Waals surface area contributed by atoms with Gasteiger partial charge >= 0.3 is 0 Å². The zero-order valence-corrected chi connectivity index (χ0v) is 11.5. The predicted octanol–water partition coefficient (Wildman–Crippen LogP) is 1.10. The quantitative estimate of drug-likeness (QED) is 0.898. The molecule has 0 spiro atoms. The standard InChI is InChI=1S/C13H18N2O3S/c14-13(16)12-6-4-11(5-7-12)10-19(17,18)15-8-2-1-3-9-15/h4-7H,1-3,8-10H2,(H2,14,16). The second-order valence-corrected chi connectivity index (χ2v) is 6.75. The molecule has 1 amide bonds. The molecule has 2 N–H and O–H groups in total.